The van der Waals surface area contributed by atoms with Crippen LogP contribution in [0.25, 0.3) is 11.0 Å². The van der Waals surface area contributed by atoms with Crippen molar-refractivity contribution in [2.75, 3.05) is 32.8 Å². The van der Waals surface area contributed by atoms with Crippen LogP contribution in [0.5, 0.6) is 0 Å². The molecular weight excluding hydrogens is 534 g/mol. The lowest BCUT2D eigenvalue weighted by atomic mass is 10.1. The second-order valence-corrected chi connectivity index (χ2v) is 11.6. The van der Waals surface area contributed by atoms with Crippen LogP contribution in [0.4, 0.5) is 0 Å². The number of ether oxygens (including phenoxy) is 1. The summed E-state index contributed by atoms with van der Waals surface area (Å²) >= 11 is 1.73. The van der Waals surface area contributed by atoms with Gasteiger partial charge in [-0.3, -0.25) is 14.5 Å². The van der Waals surface area contributed by atoms with Crippen LogP contribution in [0.3, 0.4) is 0 Å². The molecule has 8 nitrogen and oxygen atoms in total. The van der Waals surface area contributed by atoms with Crippen molar-refractivity contribution in [3.8, 4) is 0 Å². The minimum Gasteiger partial charge on any atom is -0.374 e. The van der Waals surface area contributed by atoms with Gasteiger partial charge in [0, 0.05) is 49.1 Å². The number of amides is 2. The number of benzene rings is 2. The maximum absolute atomic E-state index is 13.0. The lowest BCUT2D eigenvalue weighted by Crippen LogP contribution is -2.48. The number of nitrogens with one attached hydrogen (secondary N) is 2. The normalized spacial score (nSPS) is 15.8. The zero-order chi connectivity index (χ0) is 28.6. The van der Waals surface area contributed by atoms with E-state index in [4.69, 9.17) is 9.72 Å². The van der Waals surface area contributed by atoms with E-state index < -0.39 is 0 Å². The van der Waals surface area contributed by atoms with Crippen molar-refractivity contribution in [3.05, 3.63) is 87.9 Å². The maximum atomic E-state index is 13.0. The molecule has 2 aromatic carbocycles. The molecule has 1 fully saturated rings. The molecule has 41 heavy (non-hydrogen) atoms. The van der Waals surface area contributed by atoms with Gasteiger partial charge >= 0.3 is 0 Å². The zero-order valence-electron chi connectivity index (χ0n) is 23.8. The minimum atomic E-state index is -0.290. The third-order valence-electron chi connectivity index (χ3n) is 7.65. The molecule has 2 N–H and O–H groups in total. The van der Waals surface area contributed by atoms with Crippen LogP contribution in [-0.4, -0.2) is 65.2 Å². The molecular formula is C32H39N5O3S. The largest absolute Gasteiger partial charge is 0.374 e. The molecule has 0 aliphatic carbocycles. The summed E-state index contributed by atoms with van der Waals surface area (Å²) < 4.78 is 8.19. The van der Waals surface area contributed by atoms with Crippen molar-refractivity contribution in [2.45, 2.75) is 51.8 Å². The number of rotatable bonds is 12. The Morgan fingerprint density at radius 2 is 1.90 bits per heavy atom. The molecule has 216 valence electrons. The number of hydrogen-bond acceptors (Lipinski definition) is 6. The number of hydrogen-bond donors (Lipinski definition) is 2. The monoisotopic (exact) mass is 573 g/mol. The van der Waals surface area contributed by atoms with Gasteiger partial charge in [-0.1, -0.05) is 50.2 Å². The molecule has 1 aliphatic rings. The van der Waals surface area contributed by atoms with Crippen molar-refractivity contribution < 1.29 is 14.3 Å². The Kier molecular flexibility index (Phi) is 9.82. The molecule has 4 aromatic rings. The number of morpholine rings is 1. The Hall–Kier alpha value is -3.53. The van der Waals surface area contributed by atoms with Gasteiger partial charge in [-0.05, 0) is 48.1 Å². The SMILES string of the molecule is CCC(CC)n1c(Cc2cccs2)nc2cc(C(=O)NCC(=O)NCC3CN(Cc4ccccc4)CCO3)ccc21. The summed E-state index contributed by atoms with van der Waals surface area (Å²) in [6.07, 6.45) is 2.70. The molecule has 1 unspecified atom stereocenters. The van der Waals surface area contributed by atoms with E-state index in [-0.39, 0.29) is 24.5 Å². The van der Waals surface area contributed by atoms with Gasteiger partial charge in [-0.2, -0.15) is 0 Å². The predicted octanol–water partition coefficient (Wildman–Crippen LogP) is 4.80. The van der Waals surface area contributed by atoms with Crippen LogP contribution in [-0.2, 0) is 22.5 Å². The third kappa shape index (κ3) is 7.41. The number of carbonyl (C=O) groups excluding carboxylic acids is 2. The fraction of sp³-hybridized carbons (Fsp3) is 0.406. The van der Waals surface area contributed by atoms with E-state index in [0.29, 0.717) is 24.8 Å². The molecule has 1 aliphatic heterocycles. The Bertz CT molecular complexity index is 1430. The van der Waals surface area contributed by atoms with Gasteiger partial charge in [-0.25, -0.2) is 4.98 Å². The third-order valence-corrected chi connectivity index (χ3v) is 8.53. The lowest BCUT2D eigenvalue weighted by Gasteiger charge is -2.33. The molecule has 3 heterocycles. The minimum absolute atomic E-state index is 0.0805. The molecule has 5 rings (SSSR count). The van der Waals surface area contributed by atoms with E-state index in [1.165, 1.54) is 10.4 Å². The second kappa shape index (κ2) is 13.9. The fourth-order valence-electron chi connectivity index (χ4n) is 5.49. The first-order valence-corrected chi connectivity index (χ1v) is 15.4. The Morgan fingerprint density at radius 1 is 1.07 bits per heavy atom. The summed E-state index contributed by atoms with van der Waals surface area (Å²) in [4.78, 5) is 34.0. The Labute approximate surface area is 245 Å². The number of fused-ring (bicyclic) bond motifs is 1. The van der Waals surface area contributed by atoms with Gasteiger partial charge in [0.2, 0.25) is 5.91 Å². The number of aromatic nitrogens is 2. The first-order chi connectivity index (χ1) is 20.0. The first-order valence-electron chi connectivity index (χ1n) is 14.5. The van der Waals surface area contributed by atoms with Gasteiger partial charge in [0.25, 0.3) is 5.91 Å². The highest BCUT2D eigenvalue weighted by Crippen LogP contribution is 2.28. The summed E-state index contributed by atoms with van der Waals surface area (Å²) in [5.74, 6) is 0.488. The van der Waals surface area contributed by atoms with Crippen molar-refractivity contribution in [1.82, 2.24) is 25.1 Å². The van der Waals surface area contributed by atoms with Crippen molar-refractivity contribution >= 4 is 34.2 Å². The van der Waals surface area contributed by atoms with E-state index >= 15 is 0 Å². The molecule has 0 spiro atoms. The quantitative estimate of drug-likeness (QED) is 0.254. The van der Waals surface area contributed by atoms with Gasteiger partial charge < -0.3 is 19.9 Å². The maximum Gasteiger partial charge on any atom is 0.251 e. The molecule has 9 heteroatoms. The molecule has 0 bridgehead atoms. The van der Waals surface area contributed by atoms with Crippen molar-refractivity contribution in [1.29, 1.82) is 0 Å². The first kappa shape index (κ1) is 29.0. The summed E-state index contributed by atoms with van der Waals surface area (Å²) in [6, 6.07) is 20.5. The second-order valence-electron chi connectivity index (χ2n) is 10.5. The highest BCUT2D eigenvalue weighted by Gasteiger charge is 2.22. The van der Waals surface area contributed by atoms with E-state index in [0.717, 1.165) is 55.8 Å². The smallest absolute Gasteiger partial charge is 0.251 e. The van der Waals surface area contributed by atoms with Gasteiger partial charge in [-0.15, -0.1) is 11.3 Å². The van der Waals surface area contributed by atoms with E-state index in [9.17, 15) is 9.59 Å². The van der Waals surface area contributed by atoms with Crippen LogP contribution >= 0.6 is 11.3 Å². The predicted molar refractivity (Wildman–Crippen MR) is 163 cm³/mol. The molecule has 0 radical (unpaired) electrons. The number of nitrogens with zero attached hydrogens (tertiary/aromatic N) is 3. The Balaban J connectivity index is 1.16. The molecule has 1 saturated heterocycles. The summed E-state index contributed by atoms with van der Waals surface area (Å²) in [7, 11) is 0. The van der Waals surface area contributed by atoms with Crippen LogP contribution < -0.4 is 10.6 Å². The average molecular weight is 574 g/mol. The van der Waals surface area contributed by atoms with Crippen LogP contribution in [0.2, 0.25) is 0 Å². The number of thiophene rings is 1. The molecule has 2 amide bonds. The Morgan fingerprint density at radius 3 is 2.66 bits per heavy atom. The molecule has 1 atom stereocenters. The average Bonchev–Trinajstić information content (AvgIpc) is 3.64. The van der Waals surface area contributed by atoms with Crippen LogP contribution in [0.15, 0.2) is 66.0 Å². The highest BCUT2D eigenvalue weighted by molar-refractivity contribution is 7.09. The summed E-state index contributed by atoms with van der Waals surface area (Å²) in [6.45, 7) is 7.82. The summed E-state index contributed by atoms with van der Waals surface area (Å²) in [5.41, 5.74) is 3.59. The summed E-state index contributed by atoms with van der Waals surface area (Å²) in [5, 5.41) is 7.75. The van der Waals surface area contributed by atoms with Crippen LogP contribution in [0, 0.1) is 0 Å². The van der Waals surface area contributed by atoms with E-state index in [1.807, 2.05) is 36.4 Å². The van der Waals surface area contributed by atoms with Crippen molar-refractivity contribution in [3.63, 3.8) is 0 Å². The lowest BCUT2D eigenvalue weighted by molar-refractivity contribution is -0.121. The van der Waals surface area contributed by atoms with Gasteiger partial charge in [0.15, 0.2) is 0 Å². The van der Waals surface area contributed by atoms with E-state index in [2.05, 4.69) is 63.6 Å². The van der Waals surface area contributed by atoms with Crippen molar-refractivity contribution in [2.24, 2.45) is 0 Å². The fourth-order valence-corrected chi connectivity index (χ4v) is 6.19. The van der Waals surface area contributed by atoms with Gasteiger partial charge in [0.05, 0.1) is 30.3 Å². The number of carbonyl (C=O) groups is 2. The zero-order valence-corrected chi connectivity index (χ0v) is 24.7. The van der Waals surface area contributed by atoms with Crippen LogP contribution in [0.1, 0.15) is 59.4 Å². The van der Waals surface area contributed by atoms with Gasteiger partial charge in [0.1, 0.15) is 5.82 Å². The van der Waals surface area contributed by atoms with E-state index in [1.54, 1.807) is 11.3 Å². The topological polar surface area (TPSA) is 88.5 Å². The number of imidazole rings is 1. The molecule has 2 aromatic heterocycles. The molecule has 0 saturated carbocycles. The highest BCUT2D eigenvalue weighted by atomic mass is 32.1. The standard InChI is InChI=1S/C32H39N5O3S/c1-3-25(4-2)37-29-13-12-24(17-28(29)35-30(37)18-27-11-8-16-41-27)32(39)34-20-31(38)33-19-26-22-36(14-15-40-26)21-23-9-6-5-7-10-23/h5-13,16-17,25-26H,3-4,14-15,18-22H2,1-2H3,(H,33,38)(H,34,39).